The fourth-order valence-electron chi connectivity index (χ4n) is 1.77. The van der Waals surface area contributed by atoms with Gasteiger partial charge in [-0.3, -0.25) is 4.79 Å². The summed E-state index contributed by atoms with van der Waals surface area (Å²) in [4.78, 5) is 12.0. The van der Waals surface area contributed by atoms with E-state index in [4.69, 9.17) is 0 Å². The lowest BCUT2D eigenvalue weighted by Gasteiger charge is -2.09. The molecule has 6 heteroatoms. The van der Waals surface area contributed by atoms with Gasteiger partial charge in [0.05, 0.1) is 0 Å². The highest BCUT2D eigenvalue weighted by atomic mass is 16.1. The first kappa shape index (κ1) is 13.2. The fraction of sp³-hybridized carbons (Fsp3) is 0.385. The molecule has 2 aromatic rings. The third-order valence-electron chi connectivity index (χ3n) is 2.63. The lowest BCUT2D eigenvalue weighted by atomic mass is 10.1. The number of amides is 1. The van der Waals surface area contributed by atoms with Crippen molar-refractivity contribution < 1.29 is 4.79 Å². The summed E-state index contributed by atoms with van der Waals surface area (Å²) in [6.45, 7) is 6.51. The Bertz CT molecular complexity index is 576. The maximum Gasteiger partial charge on any atom is 0.251 e. The Morgan fingerprint density at radius 2 is 2.21 bits per heavy atom. The summed E-state index contributed by atoms with van der Waals surface area (Å²) in [5.74, 6) is 0.578. The van der Waals surface area contributed by atoms with Crippen LogP contribution in [0.25, 0.3) is 11.4 Å². The van der Waals surface area contributed by atoms with E-state index < -0.39 is 0 Å². The molecule has 0 aliphatic heterocycles. The second-order valence-electron chi connectivity index (χ2n) is 4.53. The minimum atomic E-state index is -0.0904. The topological polar surface area (TPSA) is 72.7 Å². The molecule has 100 valence electrons. The molecule has 0 saturated carbocycles. The smallest absolute Gasteiger partial charge is 0.251 e. The van der Waals surface area contributed by atoms with Crippen molar-refractivity contribution >= 4 is 5.91 Å². The Morgan fingerprint density at radius 1 is 1.42 bits per heavy atom. The highest BCUT2D eigenvalue weighted by Crippen LogP contribution is 2.17. The highest BCUT2D eigenvalue weighted by molar-refractivity contribution is 5.95. The van der Waals surface area contributed by atoms with Crippen molar-refractivity contribution in [1.29, 1.82) is 0 Å². The monoisotopic (exact) mass is 259 g/mol. The zero-order valence-corrected chi connectivity index (χ0v) is 11.3. The first-order valence-corrected chi connectivity index (χ1v) is 6.29. The van der Waals surface area contributed by atoms with Crippen LogP contribution < -0.4 is 5.32 Å². The minimum absolute atomic E-state index is 0.0904. The molecule has 0 aliphatic rings. The van der Waals surface area contributed by atoms with Gasteiger partial charge in [0.2, 0.25) is 0 Å². The molecule has 0 spiro atoms. The first-order chi connectivity index (χ1) is 9.11. The molecule has 19 heavy (non-hydrogen) atoms. The molecule has 0 fully saturated rings. The highest BCUT2D eigenvalue weighted by Gasteiger charge is 2.11. The Kier molecular flexibility index (Phi) is 3.89. The predicted molar refractivity (Wildman–Crippen MR) is 71.5 cm³/mol. The van der Waals surface area contributed by atoms with Crippen LogP contribution in [0.5, 0.6) is 0 Å². The minimum Gasteiger partial charge on any atom is -0.350 e. The number of carbonyl (C=O) groups excluding carboxylic acids is 1. The molecule has 1 heterocycles. The molecule has 0 atom stereocenters. The van der Waals surface area contributed by atoms with Gasteiger partial charge >= 0.3 is 0 Å². The number of nitrogens with zero attached hydrogens (tertiary/aromatic N) is 4. The van der Waals surface area contributed by atoms with E-state index in [1.807, 2.05) is 32.9 Å². The Morgan fingerprint density at radius 3 is 2.89 bits per heavy atom. The van der Waals surface area contributed by atoms with Crippen molar-refractivity contribution in [1.82, 2.24) is 25.5 Å². The van der Waals surface area contributed by atoms with Crippen molar-refractivity contribution in [2.75, 3.05) is 0 Å². The van der Waals surface area contributed by atoms with Gasteiger partial charge in [-0.25, -0.2) is 4.68 Å². The van der Waals surface area contributed by atoms with E-state index in [1.165, 1.54) is 0 Å². The van der Waals surface area contributed by atoms with Crippen molar-refractivity contribution in [2.24, 2.45) is 0 Å². The lowest BCUT2D eigenvalue weighted by Crippen LogP contribution is -2.30. The molecule has 0 aliphatic carbocycles. The molecule has 1 aromatic carbocycles. The number of benzene rings is 1. The number of aryl methyl sites for hydroxylation is 1. The Hall–Kier alpha value is -2.24. The zero-order chi connectivity index (χ0) is 13.8. The molecule has 0 unspecified atom stereocenters. The van der Waals surface area contributed by atoms with E-state index in [9.17, 15) is 4.79 Å². The number of tetrazole rings is 1. The summed E-state index contributed by atoms with van der Waals surface area (Å²) in [5, 5.41) is 14.4. The fourth-order valence-corrected chi connectivity index (χ4v) is 1.77. The lowest BCUT2D eigenvalue weighted by molar-refractivity contribution is 0.0943. The maximum atomic E-state index is 12.0. The number of rotatable bonds is 4. The summed E-state index contributed by atoms with van der Waals surface area (Å²) in [6.07, 6.45) is 0. The van der Waals surface area contributed by atoms with Crippen LogP contribution in [0.3, 0.4) is 0 Å². The Labute approximate surface area is 111 Å². The van der Waals surface area contributed by atoms with Crippen molar-refractivity contribution in [2.45, 2.75) is 33.4 Å². The molecule has 6 nitrogen and oxygen atoms in total. The maximum absolute atomic E-state index is 12.0. The van der Waals surface area contributed by atoms with E-state index in [2.05, 4.69) is 20.8 Å². The quantitative estimate of drug-likeness (QED) is 0.903. The summed E-state index contributed by atoms with van der Waals surface area (Å²) >= 11 is 0. The van der Waals surface area contributed by atoms with E-state index in [1.54, 1.807) is 16.8 Å². The normalized spacial score (nSPS) is 10.7. The Balaban J connectivity index is 2.32. The molecule has 0 radical (unpaired) electrons. The van der Waals surface area contributed by atoms with E-state index >= 15 is 0 Å². The summed E-state index contributed by atoms with van der Waals surface area (Å²) in [5.41, 5.74) is 1.44. The van der Waals surface area contributed by atoms with Gasteiger partial charge in [0.15, 0.2) is 5.82 Å². The average Bonchev–Trinajstić information content (AvgIpc) is 2.86. The number of carbonyl (C=O) groups is 1. The van der Waals surface area contributed by atoms with Crippen LogP contribution >= 0.6 is 0 Å². The number of aromatic nitrogens is 4. The number of hydrogen-bond acceptors (Lipinski definition) is 4. The molecule has 2 rings (SSSR count). The summed E-state index contributed by atoms with van der Waals surface area (Å²) in [6, 6.07) is 7.41. The second-order valence-corrected chi connectivity index (χ2v) is 4.53. The average molecular weight is 259 g/mol. The molecule has 1 N–H and O–H groups in total. The van der Waals surface area contributed by atoms with Crippen LogP contribution in [0.1, 0.15) is 31.1 Å². The van der Waals surface area contributed by atoms with Gasteiger partial charge in [-0.05, 0) is 43.3 Å². The van der Waals surface area contributed by atoms with Crippen molar-refractivity contribution in [3.63, 3.8) is 0 Å². The molecule has 0 bridgehead atoms. The predicted octanol–water partition coefficient (Wildman–Crippen LogP) is 1.50. The second kappa shape index (κ2) is 5.60. The van der Waals surface area contributed by atoms with Crippen LogP contribution in [0.2, 0.25) is 0 Å². The van der Waals surface area contributed by atoms with Crippen LogP contribution in [-0.2, 0) is 6.54 Å². The van der Waals surface area contributed by atoms with Crippen LogP contribution in [-0.4, -0.2) is 32.2 Å². The largest absolute Gasteiger partial charge is 0.350 e. The summed E-state index contributed by atoms with van der Waals surface area (Å²) in [7, 11) is 0. The zero-order valence-electron chi connectivity index (χ0n) is 11.3. The number of nitrogens with one attached hydrogen (secondary N) is 1. The van der Waals surface area contributed by atoms with E-state index in [-0.39, 0.29) is 11.9 Å². The van der Waals surface area contributed by atoms with Gasteiger partial charge in [-0.1, -0.05) is 12.1 Å². The third-order valence-corrected chi connectivity index (χ3v) is 2.63. The van der Waals surface area contributed by atoms with Gasteiger partial charge < -0.3 is 5.32 Å². The van der Waals surface area contributed by atoms with Crippen LogP contribution in [0.4, 0.5) is 0 Å². The third kappa shape index (κ3) is 2.96. The van der Waals surface area contributed by atoms with E-state index in [0.29, 0.717) is 17.9 Å². The molecule has 1 amide bonds. The number of hydrogen-bond donors (Lipinski definition) is 1. The van der Waals surface area contributed by atoms with Crippen molar-refractivity contribution in [3.05, 3.63) is 29.8 Å². The van der Waals surface area contributed by atoms with Gasteiger partial charge in [-0.2, -0.15) is 0 Å². The van der Waals surface area contributed by atoms with E-state index in [0.717, 1.165) is 5.56 Å². The first-order valence-electron chi connectivity index (χ1n) is 6.29. The molecular weight excluding hydrogens is 242 g/mol. The van der Waals surface area contributed by atoms with Crippen LogP contribution in [0.15, 0.2) is 24.3 Å². The van der Waals surface area contributed by atoms with Gasteiger partial charge in [0, 0.05) is 23.7 Å². The standard InChI is InChI=1S/C13H17N5O/c1-4-18-12(15-16-17-18)10-6-5-7-11(8-10)13(19)14-9(2)3/h5-9H,4H2,1-3H3,(H,14,19). The summed E-state index contributed by atoms with van der Waals surface area (Å²) < 4.78 is 1.69. The molecule has 0 saturated heterocycles. The van der Waals surface area contributed by atoms with Gasteiger partial charge in [0.1, 0.15) is 0 Å². The van der Waals surface area contributed by atoms with Gasteiger partial charge in [0.25, 0.3) is 5.91 Å². The van der Waals surface area contributed by atoms with Crippen LogP contribution in [0, 0.1) is 0 Å². The van der Waals surface area contributed by atoms with Gasteiger partial charge in [-0.15, -0.1) is 5.10 Å². The SMILES string of the molecule is CCn1nnnc1-c1cccc(C(=O)NC(C)C)c1. The molecular formula is C13H17N5O. The molecule has 1 aromatic heterocycles. The van der Waals surface area contributed by atoms with Crippen molar-refractivity contribution in [3.8, 4) is 11.4 Å².